The number of carbonyl (C=O) groups is 1. The average Bonchev–Trinajstić information content (AvgIpc) is 3.13. The highest BCUT2D eigenvalue weighted by molar-refractivity contribution is 8.18. The fraction of sp³-hybridized carbons (Fsp3) is 0.0588. The van der Waals surface area contributed by atoms with E-state index in [0.29, 0.717) is 37.3 Å². The van der Waals surface area contributed by atoms with Crippen LogP contribution in [-0.2, 0) is 4.79 Å². The fourth-order valence-corrected chi connectivity index (χ4v) is 3.71. The van der Waals surface area contributed by atoms with Crippen molar-refractivity contribution in [3.05, 3.63) is 56.9 Å². The normalized spacial score (nSPS) is 18.9. The number of amides is 1. The molecule has 1 N–H and O–H groups in total. The topological polar surface area (TPSA) is 59.9 Å². The zero-order valence-electron chi connectivity index (χ0n) is 12.6. The van der Waals surface area contributed by atoms with Gasteiger partial charge < -0.3 is 14.8 Å². The monoisotopic (exact) mass is 392 g/mol. The van der Waals surface area contributed by atoms with Crippen LogP contribution < -0.4 is 14.8 Å². The fourth-order valence-electron chi connectivity index (χ4n) is 2.36. The second-order valence-electron chi connectivity index (χ2n) is 5.22. The Labute approximate surface area is 157 Å². The molecule has 2 heterocycles. The summed E-state index contributed by atoms with van der Waals surface area (Å²) in [7, 11) is 0. The van der Waals surface area contributed by atoms with E-state index in [0.717, 1.165) is 5.56 Å². The summed E-state index contributed by atoms with van der Waals surface area (Å²) in [6, 6.07) is 10.5. The zero-order valence-corrected chi connectivity index (χ0v) is 14.9. The molecule has 0 saturated carbocycles. The van der Waals surface area contributed by atoms with Crippen molar-refractivity contribution >= 4 is 57.8 Å². The molecule has 0 atom stereocenters. The maximum atomic E-state index is 12.2. The molecule has 2 aliphatic rings. The first kappa shape index (κ1) is 16.3. The molecule has 25 heavy (non-hydrogen) atoms. The molecule has 0 unspecified atom stereocenters. The van der Waals surface area contributed by atoms with Crippen molar-refractivity contribution in [2.24, 2.45) is 4.99 Å². The smallest absolute Gasteiger partial charge is 0.264 e. The number of hydrogen-bond donors (Lipinski definition) is 1. The van der Waals surface area contributed by atoms with Gasteiger partial charge in [0.1, 0.15) is 0 Å². The lowest BCUT2D eigenvalue weighted by molar-refractivity contribution is -0.115. The number of halogens is 2. The molecule has 0 spiro atoms. The highest BCUT2D eigenvalue weighted by Gasteiger charge is 2.24. The first-order valence-corrected chi connectivity index (χ1v) is 8.79. The summed E-state index contributed by atoms with van der Waals surface area (Å²) < 4.78 is 10.6. The second-order valence-corrected chi connectivity index (χ2v) is 7.13. The number of amidine groups is 1. The van der Waals surface area contributed by atoms with Gasteiger partial charge in [0.05, 0.1) is 10.6 Å². The van der Waals surface area contributed by atoms with Crippen LogP contribution in [0.4, 0.5) is 5.69 Å². The number of ether oxygens (including phenoxy) is 2. The SMILES string of the molecule is O=C1NC(=Nc2cc(Cl)cc(Cl)c2)SC1=Cc1ccc2c(c1)OCO2. The first-order valence-electron chi connectivity index (χ1n) is 7.22. The largest absolute Gasteiger partial charge is 0.454 e. The van der Waals surface area contributed by atoms with Gasteiger partial charge >= 0.3 is 0 Å². The van der Waals surface area contributed by atoms with E-state index in [2.05, 4.69) is 10.3 Å². The minimum Gasteiger partial charge on any atom is -0.454 e. The van der Waals surface area contributed by atoms with Crippen LogP contribution in [-0.4, -0.2) is 17.9 Å². The van der Waals surface area contributed by atoms with Crippen LogP contribution in [0.2, 0.25) is 10.0 Å². The van der Waals surface area contributed by atoms with Crippen LogP contribution in [0.5, 0.6) is 11.5 Å². The van der Waals surface area contributed by atoms with E-state index in [9.17, 15) is 4.79 Å². The molecular formula is C17H10Cl2N2O3S. The van der Waals surface area contributed by atoms with Gasteiger partial charge in [-0.05, 0) is 53.7 Å². The van der Waals surface area contributed by atoms with Gasteiger partial charge in [-0.3, -0.25) is 4.79 Å². The molecule has 2 aromatic carbocycles. The van der Waals surface area contributed by atoms with Crippen LogP contribution in [0.15, 0.2) is 46.3 Å². The van der Waals surface area contributed by atoms with Crippen LogP contribution in [0, 0.1) is 0 Å². The summed E-state index contributed by atoms with van der Waals surface area (Å²) >= 11 is 13.2. The van der Waals surface area contributed by atoms with Gasteiger partial charge in [0.2, 0.25) is 6.79 Å². The summed E-state index contributed by atoms with van der Waals surface area (Å²) in [5.74, 6) is 1.15. The Hall–Kier alpha value is -2.15. The van der Waals surface area contributed by atoms with E-state index in [4.69, 9.17) is 32.7 Å². The third kappa shape index (κ3) is 3.61. The standard InChI is InChI=1S/C17H10Cl2N2O3S/c18-10-5-11(19)7-12(6-10)20-17-21-16(22)15(25-17)4-9-1-2-13-14(3-9)24-8-23-13/h1-7H,8H2,(H,20,21,22). The van der Waals surface area contributed by atoms with Crippen molar-refractivity contribution in [3.8, 4) is 11.5 Å². The summed E-state index contributed by atoms with van der Waals surface area (Å²) in [4.78, 5) is 17.1. The molecule has 0 radical (unpaired) electrons. The van der Waals surface area contributed by atoms with Gasteiger partial charge in [-0.15, -0.1) is 0 Å². The molecule has 0 aromatic heterocycles. The van der Waals surface area contributed by atoms with E-state index < -0.39 is 0 Å². The minimum atomic E-state index is -0.213. The molecule has 1 amide bonds. The van der Waals surface area contributed by atoms with Crippen molar-refractivity contribution in [2.45, 2.75) is 0 Å². The number of aliphatic imine (C=N–C) groups is 1. The average molecular weight is 393 g/mol. The molecule has 0 bridgehead atoms. The van der Waals surface area contributed by atoms with Gasteiger partial charge in [0.15, 0.2) is 16.7 Å². The Balaban J connectivity index is 1.58. The minimum absolute atomic E-state index is 0.212. The highest BCUT2D eigenvalue weighted by Crippen LogP contribution is 2.35. The van der Waals surface area contributed by atoms with Gasteiger partial charge in [0.25, 0.3) is 5.91 Å². The van der Waals surface area contributed by atoms with Gasteiger partial charge in [-0.2, -0.15) is 0 Å². The van der Waals surface area contributed by atoms with Crippen LogP contribution in [0.1, 0.15) is 5.56 Å². The van der Waals surface area contributed by atoms with E-state index in [1.807, 2.05) is 18.2 Å². The zero-order chi connectivity index (χ0) is 17.4. The Morgan fingerprint density at radius 3 is 2.64 bits per heavy atom. The van der Waals surface area contributed by atoms with Crippen LogP contribution in [0.25, 0.3) is 6.08 Å². The second kappa shape index (κ2) is 6.63. The molecule has 5 nitrogen and oxygen atoms in total. The van der Waals surface area contributed by atoms with Gasteiger partial charge in [0, 0.05) is 10.0 Å². The molecule has 1 saturated heterocycles. The third-order valence-electron chi connectivity index (χ3n) is 3.42. The van der Waals surface area contributed by atoms with Crippen molar-refractivity contribution in [1.82, 2.24) is 5.32 Å². The molecule has 0 aliphatic carbocycles. The van der Waals surface area contributed by atoms with Crippen molar-refractivity contribution in [3.63, 3.8) is 0 Å². The number of fused-ring (bicyclic) bond motifs is 1. The molecule has 1 fully saturated rings. The van der Waals surface area contributed by atoms with Crippen LogP contribution >= 0.6 is 35.0 Å². The Morgan fingerprint density at radius 2 is 1.84 bits per heavy atom. The number of thioether (sulfide) groups is 1. The van der Waals surface area contributed by atoms with E-state index in [1.54, 1.807) is 24.3 Å². The summed E-state index contributed by atoms with van der Waals surface area (Å²) in [6.07, 6.45) is 1.77. The molecule has 8 heteroatoms. The summed E-state index contributed by atoms with van der Waals surface area (Å²) in [6.45, 7) is 0.212. The Morgan fingerprint density at radius 1 is 1.08 bits per heavy atom. The number of benzene rings is 2. The van der Waals surface area contributed by atoms with E-state index in [-0.39, 0.29) is 12.7 Å². The molecular weight excluding hydrogens is 383 g/mol. The third-order valence-corrected chi connectivity index (χ3v) is 4.77. The van der Waals surface area contributed by atoms with Gasteiger partial charge in [-0.25, -0.2) is 4.99 Å². The Kier molecular flexibility index (Phi) is 4.33. The van der Waals surface area contributed by atoms with Crippen molar-refractivity contribution in [1.29, 1.82) is 0 Å². The molecule has 2 aliphatic heterocycles. The van der Waals surface area contributed by atoms with Crippen LogP contribution in [0.3, 0.4) is 0 Å². The summed E-state index contributed by atoms with van der Waals surface area (Å²) in [5, 5.41) is 4.16. The number of rotatable bonds is 2. The van der Waals surface area contributed by atoms with E-state index in [1.165, 1.54) is 11.8 Å². The highest BCUT2D eigenvalue weighted by atomic mass is 35.5. The number of hydrogen-bond acceptors (Lipinski definition) is 5. The molecule has 4 rings (SSSR count). The molecule has 126 valence electrons. The lowest BCUT2D eigenvalue weighted by Crippen LogP contribution is -2.19. The van der Waals surface area contributed by atoms with E-state index >= 15 is 0 Å². The van der Waals surface area contributed by atoms with Gasteiger partial charge in [-0.1, -0.05) is 29.3 Å². The van der Waals surface area contributed by atoms with Crippen molar-refractivity contribution < 1.29 is 14.3 Å². The lowest BCUT2D eigenvalue weighted by Gasteiger charge is -1.99. The molecule has 2 aromatic rings. The number of nitrogens with zero attached hydrogens (tertiary/aromatic N) is 1. The summed E-state index contributed by atoms with van der Waals surface area (Å²) in [5.41, 5.74) is 1.42. The quantitative estimate of drug-likeness (QED) is 0.757. The number of nitrogens with one attached hydrogen (secondary N) is 1. The predicted octanol–water partition coefficient (Wildman–Crippen LogP) is 4.61. The van der Waals surface area contributed by atoms with Crippen molar-refractivity contribution in [2.75, 3.05) is 6.79 Å². The lowest BCUT2D eigenvalue weighted by atomic mass is 10.2. The first-order chi connectivity index (χ1) is 12.1. The maximum Gasteiger partial charge on any atom is 0.264 e. The Bertz CT molecular complexity index is 923. The predicted molar refractivity (Wildman–Crippen MR) is 99.8 cm³/mol. The maximum absolute atomic E-state index is 12.2. The number of carbonyl (C=O) groups excluding carboxylic acids is 1.